The lowest BCUT2D eigenvalue weighted by Crippen LogP contribution is -2.33. The van der Waals surface area contributed by atoms with Gasteiger partial charge in [-0.2, -0.15) is 5.26 Å². The minimum absolute atomic E-state index is 0.262. The highest BCUT2D eigenvalue weighted by Gasteiger charge is 2.17. The van der Waals surface area contributed by atoms with Crippen LogP contribution in [0.3, 0.4) is 0 Å². The first-order valence-electron chi connectivity index (χ1n) is 8.89. The van der Waals surface area contributed by atoms with Crippen LogP contribution in [0.5, 0.6) is 0 Å². The molecule has 1 aliphatic carbocycles. The van der Waals surface area contributed by atoms with E-state index in [2.05, 4.69) is 17.9 Å². The molecule has 3 heteroatoms. The van der Waals surface area contributed by atoms with Crippen LogP contribution in [0.4, 0.5) is 0 Å². The molecule has 1 heterocycles. The number of likely N-dealkylation sites (tertiary alicyclic amines) is 1. The summed E-state index contributed by atoms with van der Waals surface area (Å²) in [4.78, 5) is 13.9. The van der Waals surface area contributed by atoms with E-state index in [-0.39, 0.29) is 5.78 Å². The number of carbonyl (C=O) groups is 1. The van der Waals surface area contributed by atoms with Crippen molar-refractivity contribution in [3.05, 3.63) is 36.0 Å². The third-order valence-electron chi connectivity index (χ3n) is 4.11. The van der Waals surface area contributed by atoms with Crippen molar-refractivity contribution in [1.29, 1.82) is 5.26 Å². The first kappa shape index (κ1) is 19.4. The zero-order valence-electron chi connectivity index (χ0n) is 14.6. The second kappa shape index (κ2) is 11.8. The van der Waals surface area contributed by atoms with E-state index in [0.29, 0.717) is 12.3 Å². The van der Waals surface area contributed by atoms with Gasteiger partial charge in [-0.05, 0) is 51.7 Å². The number of hydrogen-bond acceptors (Lipinski definition) is 3. The summed E-state index contributed by atoms with van der Waals surface area (Å²) in [6.45, 7) is 7.70. The minimum Gasteiger partial charge on any atom is -0.303 e. The van der Waals surface area contributed by atoms with Gasteiger partial charge in [-0.3, -0.25) is 4.79 Å². The Morgan fingerprint density at radius 1 is 1.26 bits per heavy atom. The van der Waals surface area contributed by atoms with Crippen LogP contribution in [0.25, 0.3) is 0 Å². The van der Waals surface area contributed by atoms with Crippen molar-refractivity contribution in [1.82, 2.24) is 4.90 Å². The van der Waals surface area contributed by atoms with Gasteiger partial charge >= 0.3 is 0 Å². The maximum Gasteiger partial charge on any atom is 0.162 e. The van der Waals surface area contributed by atoms with E-state index in [0.717, 1.165) is 44.3 Å². The lowest BCUT2D eigenvalue weighted by atomic mass is 9.99. The van der Waals surface area contributed by atoms with Gasteiger partial charge < -0.3 is 4.90 Å². The first-order valence-corrected chi connectivity index (χ1v) is 8.89. The molecule has 1 fully saturated rings. The van der Waals surface area contributed by atoms with Gasteiger partial charge in [0.15, 0.2) is 5.78 Å². The van der Waals surface area contributed by atoms with E-state index in [1.807, 2.05) is 37.3 Å². The molecule has 3 nitrogen and oxygen atoms in total. The molecule has 2 rings (SSSR count). The van der Waals surface area contributed by atoms with E-state index >= 15 is 0 Å². The summed E-state index contributed by atoms with van der Waals surface area (Å²) in [5.41, 5.74) is 0.863. The largest absolute Gasteiger partial charge is 0.303 e. The quantitative estimate of drug-likeness (QED) is 0.754. The van der Waals surface area contributed by atoms with Gasteiger partial charge in [-0.25, -0.2) is 0 Å². The average molecular weight is 314 g/mol. The Labute approximate surface area is 141 Å². The lowest BCUT2D eigenvalue weighted by molar-refractivity contribution is -0.115. The normalized spacial score (nSPS) is 18.4. The number of piperidine rings is 1. The van der Waals surface area contributed by atoms with Crippen molar-refractivity contribution in [3.8, 4) is 6.07 Å². The first-order chi connectivity index (χ1) is 11.2. The topological polar surface area (TPSA) is 44.1 Å². The van der Waals surface area contributed by atoms with E-state index in [1.165, 1.54) is 13.0 Å². The minimum atomic E-state index is 0.262. The molecule has 1 aliphatic heterocycles. The number of nitrogens with zero attached hydrogens (tertiary/aromatic N) is 2. The van der Waals surface area contributed by atoms with Crippen molar-refractivity contribution >= 4 is 5.78 Å². The lowest BCUT2D eigenvalue weighted by Gasteiger charge is -2.28. The standard InChI is InChI=1S/C11H14O.C9H16N2/c1-2-7-11(12)10-8-5-3-4-6-9-10;1-2-5-11-6-3-9(8-10)4-7-11/h3-5,8-9H,2,6-7H2,1H3;9H,2-7H2,1H3. The van der Waals surface area contributed by atoms with Crippen molar-refractivity contribution in [3.63, 3.8) is 0 Å². The summed E-state index contributed by atoms with van der Waals surface area (Å²) in [6.07, 6.45) is 15.7. The van der Waals surface area contributed by atoms with Gasteiger partial charge in [-0.15, -0.1) is 0 Å². The van der Waals surface area contributed by atoms with E-state index in [4.69, 9.17) is 5.26 Å². The number of carbonyl (C=O) groups excluding carboxylic acids is 1. The second-order valence-electron chi connectivity index (χ2n) is 6.10. The summed E-state index contributed by atoms with van der Waals surface area (Å²) in [5.74, 6) is 0.598. The second-order valence-corrected chi connectivity index (χ2v) is 6.10. The highest BCUT2D eigenvalue weighted by Crippen LogP contribution is 2.15. The Bertz CT molecular complexity index is 474. The Kier molecular flexibility index (Phi) is 9.99. The van der Waals surface area contributed by atoms with Crippen molar-refractivity contribution in [2.75, 3.05) is 19.6 Å². The van der Waals surface area contributed by atoms with Crippen molar-refractivity contribution in [2.45, 2.75) is 52.4 Å². The molecule has 0 N–H and O–H groups in total. The smallest absolute Gasteiger partial charge is 0.162 e. The molecular formula is C20H30N2O. The zero-order valence-corrected chi connectivity index (χ0v) is 14.6. The predicted octanol–water partition coefficient (Wildman–Crippen LogP) is 4.43. The summed E-state index contributed by atoms with van der Waals surface area (Å²) < 4.78 is 0. The van der Waals surface area contributed by atoms with Gasteiger partial charge in [0.2, 0.25) is 0 Å². The van der Waals surface area contributed by atoms with Crippen LogP contribution in [-0.2, 0) is 4.79 Å². The third kappa shape index (κ3) is 7.95. The SMILES string of the molecule is CCCC(=O)C1=CCC=CC=C1.CCCN1CCC(C#N)CC1. The van der Waals surface area contributed by atoms with Crippen LogP contribution in [0.15, 0.2) is 36.0 Å². The van der Waals surface area contributed by atoms with Gasteiger partial charge in [0.1, 0.15) is 0 Å². The maximum absolute atomic E-state index is 11.4. The van der Waals surface area contributed by atoms with Crippen LogP contribution in [0, 0.1) is 17.2 Å². The molecule has 0 radical (unpaired) electrons. The molecule has 0 atom stereocenters. The molecule has 23 heavy (non-hydrogen) atoms. The van der Waals surface area contributed by atoms with Crippen LogP contribution < -0.4 is 0 Å². The Balaban J connectivity index is 0.000000231. The van der Waals surface area contributed by atoms with E-state index in [9.17, 15) is 4.79 Å². The zero-order chi connectivity index (χ0) is 16.9. The molecule has 0 saturated carbocycles. The number of hydrogen-bond donors (Lipinski definition) is 0. The van der Waals surface area contributed by atoms with Crippen LogP contribution in [0.1, 0.15) is 52.4 Å². The molecule has 0 aromatic carbocycles. The number of ketones is 1. The molecule has 126 valence electrons. The fraction of sp³-hybridized carbons (Fsp3) is 0.600. The average Bonchev–Trinajstić information content (AvgIpc) is 2.86. The maximum atomic E-state index is 11.4. The van der Waals surface area contributed by atoms with Gasteiger partial charge in [0.05, 0.1) is 6.07 Å². The molecule has 0 aromatic rings. The third-order valence-corrected chi connectivity index (χ3v) is 4.11. The van der Waals surface area contributed by atoms with Gasteiger partial charge in [0.25, 0.3) is 0 Å². The predicted molar refractivity (Wildman–Crippen MR) is 96.0 cm³/mol. The molecule has 0 amide bonds. The van der Waals surface area contributed by atoms with E-state index < -0.39 is 0 Å². The number of allylic oxidation sites excluding steroid dienone is 6. The highest BCUT2D eigenvalue weighted by molar-refractivity contribution is 5.98. The van der Waals surface area contributed by atoms with Crippen LogP contribution >= 0.6 is 0 Å². The number of rotatable bonds is 5. The Morgan fingerprint density at radius 2 is 2.00 bits per heavy atom. The highest BCUT2D eigenvalue weighted by atomic mass is 16.1. The number of nitriles is 1. The van der Waals surface area contributed by atoms with Crippen LogP contribution in [-0.4, -0.2) is 30.3 Å². The summed E-state index contributed by atoms with van der Waals surface area (Å²) >= 11 is 0. The fourth-order valence-electron chi connectivity index (χ4n) is 2.76. The van der Waals surface area contributed by atoms with Crippen molar-refractivity contribution < 1.29 is 4.79 Å². The number of Topliss-reactive ketones (excluding diaryl/α,β-unsaturated/α-hetero) is 1. The van der Waals surface area contributed by atoms with Crippen LogP contribution in [0.2, 0.25) is 0 Å². The van der Waals surface area contributed by atoms with Crippen molar-refractivity contribution in [2.24, 2.45) is 5.92 Å². The molecule has 2 aliphatic rings. The molecule has 0 bridgehead atoms. The molecule has 0 aromatic heterocycles. The Hall–Kier alpha value is -1.66. The molecule has 1 saturated heterocycles. The molecular weight excluding hydrogens is 284 g/mol. The molecule has 0 spiro atoms. The molecule has 0 unspecified atom stereocenters. The summed E-state index contributed by atoms with van der Waals surface area (Å²) in [5, 5.41) is 8.64. The van der Waals surface area contributed by atoms with E-state index in [1.54, 1.807) is 0 Å². The van der Waals surface area contributed by atoms with Gasteiger partial charge in [0, 0.05) is 17.9 Å². The monoisotopic (exact) mass is 314 g/mol. The summed E-state index contributed by atoms with van der Waals surface area (Å²) in [7, 11) is 0. The summed E-state index contributed by atoms with van der Waals surface area (Å²) in [6, 6.07) is 2.34. The van der Waals surface area contributed by atoms with Gasteiger partial charge in [-0.1, -0.05) is 44.2 Å². The Morgan fingerprint density at radius 3 is 2.61 bits per heavy atom. The fourth-order valence-corrected chi connectivity index (χ4v) is 2.76.